The van der Waals surface area contributed by atoms with Crippen molar-refractivity contribution >= 4 is 45.0 Å². The van der Waals surface area contributed by atoms with Crippen molar-refractivity contribution in [2.45, 2.75) is 16.7 Å². The smallest absolute Gasteiger partial charge is 0.261 e. The number of hydrogen-bond donors (Lipinski definition) is 2. The third-order valence-electron chi connectivity index (χ3n) is 4.20. The van der Waals surface area contributed by atoms with Gasteiger partial charge in [0.05, 0.1) is 4.90 Å². The fourth-order valence-corrected chi connectivity index (χ4v) is 4.54. The molecule has 8 heteroatoms. The monoisotopic (exact) mass is 460 g/mol. The van der Waals surface area contributed by atoms with Gasteiger partial charge in [-0.05, 0) is 67.6 Å². The molecule has 0 saturated carbocycles. The van der Waals surface area contributed by atoms with E-state index < -0.39 is 10.0 Å². The first-order chi connectivity index (χ1) is 14.3. The van der Waals surface area contributed by atoms with Crippen molar-refractivity contribution in [1.29, 1.82) is 0 Å². The number of thioether (sulfide) groups is 1. The first-order valence-electron chi connectivity index (χ1n) is 9.20. The summed E-state index contributed by atoms with van der Waals surface area (Å²) in [7, 11) is -3.67. The molecule has 0 bridgehead atoms. The molecule has 0 radical (unpaired) electrons. The van der Waals surface area contributed by atoms with Crippen molar-refractivity contribution in [2.24, 2.45) is 0 Å². The molecule has 0 spiro atoms. The van der Waals surface area contributed by atoms with Gasteiger partial charge in [-0.25, -0.2) is 8.42 Å². The lowest BCUT2D eigenvalue weighted by atomic mass is 10.2. The number of halogens is 1. The molecule has 0 aliphatic carbocycles. The SMILES string of the molecule is Cc1ccc(S(=O)(=O)Nc2ccc(C(=O)NCCSc3ccc(Cl)cc3)cc2)cc1. The molecule has 1 amide bonds. The second-order valence-electron chi connectivity index (χ2n) is 6.55. The number of hydrogen-bond acceptors (Lipinski definition) is 4. The largest absolute Gasteiger partial charge is 0.351 e. The van der Waals surface area contributed by atoms with Crippen LogP contribution in [0.25, 0.3) is 0 Å². The second-order valence-corrected chi connectivity index (χ2v) is 9.84. The van der Waals surface area contributed by atoms with E-state index in [1.807, 2.05) is 31.2 Å². The summed E-state index contributed by atoms with van der Waals surface area (Å²) in [5, 5.41) is 3.55. The summed E-state index contributed by atoms with van der Waals surface area (Å²) in [6.45, 7) is 2.40. The van der Waals surface area contributed by atoms with Crippen LogP contribution in [0.5, 0.6) is 0 Å². The number of benzene rings is 3. The minimum absolute atomic E-state index is 0.188. The maximum atomic E-state index is 12.4. The third-order valence-corrected chi connectivity index (χ3v) is 6.86. The van der Waals surface area contributed by atoms with E-state index in [0.29, 0.717) is 22.8 Å². The molecule has 0 aromatic heterocycles. The zero-order chi connectivity index (χ0) is 21.6. The molecule has 156 valence electrons. The van der Waals surface area contributed by atoms with Crippen LogP contribution in [0.15, 0.2) is 82.6 Å². The number of anilines is 1. The van der Waals surface area contributed by atoms with Gasteiger partial charge >= 0.3 is 0 Å². The first kappa shape index (κ1) is 22.2. The number of nitrogens with one attached hydrogen (secondary N) is 2. The van der Waals surface area contributed by atoms with Crippen LogP contribution in [0.4, 0.5) is 5.69 Å². The number of carbonyl (C=O) groups excluding carboxylic acids is 1. The van der Waals surface area contributed by atoms with Crippen LogP contribution < -0.4 is 10.0 Å². The fourth-order valence-electron chi connectivity index (χ4n) is 2.59. The zero-order valence-electron chi connectivity index (χ0n) is 16.3. The van der Waals surface area contributed by atoms with Crippen molar-refractivity contribution in [1.82, 2.24) is 5.32 Å². The number of rotatable bonds is 8. The summed E-state index contributed by atoms with van der Waals surface area (Å²) in [6, 6.07) is 20.5. The van der Waals surface area contributed by atoms with E-state index in [0.717, 1.165) is 16.2 Å². The molecule has 3 aromatic rings. The molecule has 5 nitrogen and oxygen atoms in total. The Labute approximate surface area is 185 Å². The van der Waals surface area contributed by atoms with Crippen molar-refractivity contribution in [3.63, 3.8) is 0 Å². The van der Waals surface area contributed by atoms with Crippen molar-refractivity contribution < 1.29 is 13.2 Å². The van der Waals surface area contributed by atoms with Crippen LogP contribution in [0.1, 0.15) is 15.9 Å². The Morgan fingerprint density at radius 2 is 1.57 bits per heavy atom. The molecule has 3 rings (SSSR count). The van der Waals surface area contributed by atoms with Crippen molar-refractivity contribution in [3.8, 4) is 0 Å². The lowest BCUT2D eigenvalue weighted by Gasteiger charge is -2.09. The van der Waals surface area contributed by atoms with E-state index in [-0.39, 0.29) is 10.8 Å². The topological polar surface area (TPSA) is 75.3 Å². The van der Waals surface area contributed by atoms with Crippen LogP contribution in [0.2, 0.25) is 5.02 Å². The predicted octanol–water partition coefficient (Wildman–Crippen LogP) is 4.97. The third kappa shape index (κ3) is 6.26. The van der Waals surface area contributed by atoms with Gasteiger partial charge < -0.3 is 5.32 Å². The molecular formula is C22H21ClN2O3S2. The Morgan fingerprint density at radius 3 is 2.20 bits per heavy atom. The van der Waals surface area contributed by atoms with Gasteiger partial charge in [0.25, 0.3) is 15.9 Å². The minimum Gasteiger partial charge on any atom is -0.351 e. The summed E-state index contributed by atoms with van der Waals surface area (Å²) in [6.07, 6.45) is 0. The summed E-state index contributed by atoms with van der Waals surface area (Å²) >= 11 is 7.49. The summed E-state index contributed by atoms with van der Waals surface area (Å²) < 4.78 is 27.4. The molecule has 0 fully saturated rings. The standard InChI is InChI=1S/C22H21ClN2O3S2/c1-16-2-12-21(13-3-16)30(27,28)25-19-8-4-17(5-9-19)22(26)24-14-15-29-20-10-6-18(23)7-11-20/h2-13,25H,14-15H2,1H3,(H,24,26). The lowest BCUT2D eigenvalue weighted by molar-refractivity contribution is 0.0956. The minimum atomic E-state index is -3.67. The van der Waals surface area contributed by atoms with Gasteiger partial charge in [-0.15, -0.1) is 11.8 Å². The highest BCUT2D eigenvalue weighted by atomic mass is 35.5. The van der Waals surface area contributed by atoms with E-state index in [4.69, 9.17) is 11.6 Å². The normalized spacial score (nSPS) is 11.1. The molecule has 0 atom stereocenters. The number of carbonyl (C=O) groups is 1. The first-order valence-corrected chi connectivity index (χ1v) is 12.0. The molecule has 0 aliphatic rings. The van der Waals surface area contributed by atoms with Gasteiger partial charge in [-0.2, -0.15) is 0 Å². The highest BCUT2D eigenvalue weighted by Crippen LogP contribution is 2.20. The van der Waals surface area contributed by atoms with Gasteiger partial charge in [0.1, 0.15) is 0 Å². The quantitative estimate of drug-likeness (QED) is 0.367. The summed E-state index contributed by atoms with van der Waals surface area (Å²) in [4.78, 5) is 13.5. The molecule has 2 N–H and O–H groups in total. The van der Waals surface area contributed by atoms with E-state index in [2.05, 4.69) is 10.0 Å². The predicted molar refractivity (Wildman–Crippen MR) is 123 cm³/mol. The molecule has 0 unspecified atom stereocenters. The summed E-state index contributed by atoms with van der Waals surface area (Å²) in [5.41, 5.74) is 1.84. The van der Waals surface area contributed by atoms with Gasteiger partial charge in [0.15, 0.2) is 0 Å². The van der Waals surface area contributed by atoms with Crippen LogP contribution in [0.3, 0.4) is 0 Å². The Hall–Kier alpha value is -2.48. The van der Waals surface area contributed by atoms with E-state index in [9.17, 15) is 13.2 Å². The lowest BCUT2D eigenvalue weighted by Crippen LogP contribution is -2.25. The summed E-state index contributed by atoms with van der Waals surface area (Å²) in [5.74, 6) is 0.515. The van der Waals surface area contributed by atoms with E-state index >= 15 is 0 Å². The fraction of sp³-hybridized carbons (Fsp3) is 0.136. The maximum absolute atomic E-state index is 12.4. The van der Waals surface area contributed by atoms with Crippen LogP contribution in [-0.4, -0.2) is 26.6 Å². The van der Waals surface area contributed by atoms with E-state index in [1.54, 1.807) is 60.3 Å². The highest BCUT2D eigenvalue weighted by molar-refractivity contribution is 7.99. The van der Waals surface area contributed by atoms with Crippen LogP contribution >= 0.6 is 23.4 Å². The Balaban J connectivity index is 1.51. The Kier molecular flexibility index (Phi) is 7.42. The molecule has 0 saturated heterocycles. The molecular weight excluding hydrogens is 440 g/mol. The van der Waals surface area contributed by atoms with Gasteiger partial charge in [0, 0.05) is 33.5 Å². The maximum Gasteiger partial charge on any atom is 0.261 e. The molecule has 0 heterocycles. The van der Waals surface area contributed by atoms with Crippen LogP contribution in [0, 0.1) is 6.92 Å². The van der Waals surface area contributed by atoms with Gasteiger partial charge in [0.2, 0.25) is 0 Å². The highest BCUT2D eigenvalue weighted by Gasteiger charge is 2.14. The van der Waals surface area contributed by atoms with Crippen molar-refractivity contribution in [2.75, 3.05) is 17.0 Å². The van der Waals surface area contributed by atoms with Crippen LogP contribution in [-0.2, 0) is 10.0 Å². The number of aryl methyl sites for hydroxylation is 1. The Bertz CT molecular complexity index is 1100. The number of sulfonamides is 1. The van der Waals surface area contributed by atoms with E-state index in [1.165, 1.54) is 0 Å². The average molecular weight is 461 g/mol. The molecule has 0 aliphatic heterocycles. The van der Waals surface area contributed by atoms with Gasteiger partial charge in [-0.1, -0.05) is 29.3 Å². The Morgan fingerprint density at radius 1 is 0.933 bits per heavy atom. The number of amides is 1. The van der Waals surface area contributed by atoms with Crippen molar-refractivity contribution in [3.05, 3.63) is 88.9 Å². The average Bonchev–Trinajstić information content (AvgIpc) is 2.73. The second kappa shape index (κ2) is 10.0. The molecule has 3 aromatic carbocycles. The molecule has 30 heavy (non-hydrogen) atoms. The zero-order valence-corrected chi connectivity index (χ0v) is 18.7. The van der Waals surface area contributed by atoms with Gasteiger partial charge in [-0.3, -0.25) is 9.52 Å².